The average Bonchev–Trinajstić information content (AvgIpc) is 2.91. The van der Waals surface area contributed by atoms with Crippen molar-refractivity contribution in [2.24, 2.45) is 0 Å². The van der Waals surface area contributed by atoms with Gasteiger partial charge < -0.3 is 9.80 Å². The smallest absolute Gasteiger partial charge is 0.123 e. The van der Waals surface area contributed by atoms with E-state index in [1.165, 1.54) is 12.1 Å². The fourth-order valence-corrected chi connectivity index (χ4v) is 2.08. The zero-order chi connectivity index (χ0) is 13.1. The molecule has 2 aromatic rings. The summed E-state index contributed by atoms with van der Waals surface area (Å²) in [6.07, 6.45) is 7.67. The Morgan fingerprint density at radius 2 is 1.95 bits per heavy atom. The van der Waals surface area contributed by atoms with Crippen LogP contribution >= 0.6 is 0 Å². The minimum Gasteiger partial charge on any atom is -0.354 e. The van der Waals surface area contributed by atoms with Gasteiger partial charge in [0.15, 0.2) is 0 Å². The summed E-state index contributed by atoms with van der Waals surface area (Å²) in [7, 11) is 0. The molecule has 0 fully saturated rings. The molecule has 0 aliphatic carbocycles. The second-order valence-corrected chi connectivity index (χ2v) is 4.49. The second kappa shape index (κ2) is 5.10. The maximum atomic E-state index is 12.8. The van der Waals surface area contributed by atoms with Gasteiger partial charge in [-0.2, -0.15) is 0 Å². The van der Waals surface area contributed by atoms with E-state index in [9.17, 15) is 4.39 Å². The molecule has 0 saturated carbocycles. The van der Waals surface area contributed by atoms with Crippen LogP contribution in [-0.4, -0.2) is 16.6 Å². The molecule has 1 aromatic heterocycles. The van der Waals surface area contributed by atoms with E-state index in [2.05, 4.69) is 14.8 Å². The molecule has 4 heteroatoms. The summed E-state index contributed by atoms with van der Waals surface area (Å²) in [5, 5.41) is 0. The normalized spacial score (nSPS) is 14.2. The molecule has 0 spiro atoms. The first-order valence-electron chi connectivity index (χ1n) is 6.15. The molecule has 1 aliphatic rings. The molecular weight excluding hydrogens is 241 g/mol. The third-order valence-electron chi connectivity index (χ3n) is 3.07. The lowest BCUT2D eigenvalue weighted by Crippen LogP contribution is -2.24. The molecule has 0 unspecified atom stereocenters. The highest BCUT2D eigenvalue weighted by Crippen LogP contribution is 2.19. The Labute approximate surface area is 111 Å². The van der Waals surface area contributed by atoms with Gasteiger partial charge in [0, 0.05) is 25.1 Å². The van der Waals surface area contributed by atoms with Crippen LogP contribution in [0, 0.1) is 5.82 Å². The predicted molar refractivity (Wildman–Crippen MR) is 72.7 cm³/mol. The summed E-state index contributed by atoms with van der Waals surface area (Å²) in [5.74, 6) is -0.197. The van der Waals surface area contributed by atoms with Crippen molar-refractivity contribution in [2.75, 3.05) is 11.6 Å². The van der Waals surface area contributed by atoms with Crippen LogP contribution in [0.4, 0.5) is 10.1 Å². The van der Waals surface area contributed by atoms with Crippen molar-refractivity contribution < 1.29 is 4.39 Å². The molecule has 0 N–H and O–H groups in total. The van der Waals surface area contributed by atoms with E-state index in [1.54, 1.807) is 6.20 Å². The Morgan fingerprint density at radius 1 is 1.11 bits per heavy atom. The van der Waals surface area contributed by atoms with Gasteiger partial charge in [-0.1, -0.05) is 12.1 Å². The van der Waals surface area contributed by atoms with E-state index >= 15 is 0 Å². The first-order chi connectivity index (χ1) is 9.31. The lowest BCUT2D eigenvalue weighted by molar-refractivity contribution is 0.400. The Kier molecular flexibility index (Phi) is 3.14. The van der Waals surface area contributed by atoms with Crippen molar-refractivity contribution in [1.82, 2.24) is 9.88 Å². The first kappa shape index (κ1) is 11.7. The standard InChI is InChI=1S/C15H14FN3/c16-14-5-3-13(4-6-14)11-18-8-9-19(12-18)15-2-1-7-17-10-15/h1-10H,11-12H2. The zero-order valence-corrected chi connectivity index (χ0v) is 10.4. The van der Waals surface area contributed by atoms with E-state index in [0.717, 1.165) is 24.5 Å². The van der Waals surface area contributed by atoms with Crippen LogP contribution in [0.1, 0.15) is 5.56 Å². The first-order valence-corrected chi connectivity index (χ1v) is 6.15. The number of aromatic nitrogens is 1. The summed E-state index contributed by atoms with van der Waals surface area (Å²) in [5.41, 5.74) is 2.17. The van der Waals surface area contributed by atoms with Gasteiger partial charge in [0.05, 0.1) is 18.6 Å². The Morgan fingerprint density at radius 3 is 2.68 bits per heavy atom. The third-order valence-corrected chi connectivity index (χ3v) is 3.07. The quantitative estimate of drug-likeness (QED) is 0.840. The van der Waals surface area contributed by atoms with Crippen LogP contribution in [0.15, 0.2) is 61.2 Å². The highest BCUT2D eigenvalue weighted by atomic mass is 19.1. The van der Waals surface area contributed by atoms with E-state index < -0.39 is 0 Å². The number of anilines is 1. The van der Waals surface area contributed by atoms with Gasteiger partial charge >= 0.3 is 0 Å². The number of nitrogens with zero attached hydrogens (tertiary/aromatic N) is 3. The van der Waals surface area contributed by atoms with Gasteiger partial charge in [-0.3, -0.25) is 4.98 Å². The fourth-order valence-electron chi connectivity index (χ4n) is 2.08. The summed E-state index contributed by atoms with van der Waals surface area (Å²) in [6, 6.07) is 10.6. The monoisotopic (exact) mass is 255 g/mol. The Hall–Kier alpha value is -2.36. The highest BCUT2D eigenvalue weighted by Gasteiger charge is 2.13. The maximum Gasteiger partial charge on any atom is 0.123 e. The van der Waals surface area contributed by atoms with E-state index in [0.29, 0.717) is 0 Å². The van der Waals surface area contributed by atoms with E-state index in [-0.39, 0.29) is 5.82 Å². The number of hydrogen-bond donors (Lipinski definition) is 0. The number of benzene rings is 1. The van der Waals surface area contributed by atoms with Crippen LogP contribution in [-0.2, 0) is 6.54 Å². The van der Waals surface area contributed by atoms with Crippen molar-refractivity contribution in [1.29, 1.82) is 0 Å². The van der Waals surface area contributed by atoms with Gasteiger partial charge in [0.25, 0.3) is 0 Å². The average molecular weight is 255 g/mol. The van der Waals surface area contributed by atoms with Crippen LogP contribution in [0.5, 0.6) is 0 Å². The van der Waals surface area contributed by atoms with Crippen LogP contribution in [0.2, 0.25) is 0 Å². The second-order valence-electron chi connectivity index (χ2n) is 4.49. The van der Waals surface area contributed by atoms with Crippen molar-refractivity contribution >= 4 is 5.69 Å². The molecule has 3 nitrogen and oxygen atoms in total. The van der Waals surface area contributed by atoms with Gasteiger partial charge in [-0.15, -0.1) is 0 Å². The molecule has 0 atom stereocenters. The number of pyridine rings is 1. The van der Waals surface area contributed by atoms with Crippen molar-refractivity contribution in [3.63, 3.8) is 0 Å². The summed E-state index contributed by atoms with van der Waals surface area (Å²) in [4.78, 5) is 8.40. The summed E-state index contributed by atoms with van der Waals surface area (Å²) >= 11 is 0. The molecule has 0 saturated heterocycles. The summed E-state index contributed by atoms with van der Waals surface area (Å²) < 4.78 is 12.8. The van der Waals surface area contributed by atoms with Gasteiger partial charge in [-0.25, -0.2) is 4.39 Å². The number of halogens is 1. The van der Waals surface area contributed by atoms with Crippen molar-refractivity contribution in [2.45, 2.75) is 6.54 Å². The largest absolute Gasteiger partial charge is 0.354 e. The maximum absolute atomic E-state index is 12.8. The van der Waals surface area contributed by atoms with E-state index in [1.807, 2.05) is 42.9 Å². The number of hydrogen-bond acceptors (Lipinski definition) is 3. The lowest BCUT2D eigenvalue weighted by atomic mass is 10.2. The molecule has 0 radical (unpaired) electrons. The zero-order valence-electron chi connectivity index (χ0n) is 10.4. The molecule has 2 heterocycles. The van der Waals surface area contributed by atoms with E-state index in [4.69, 9.17) is 0 Å². The van der Waals surface area contributed by atoms with Crippen LogP contribution in [0.3, 0.4) is 0 Å². The lowest BCUT2D eigenvalue weighted by Gasteiger charge is -2.21. The minimum absolute atomic E-state index is 0.197. The molecule has 3 rings (SSSR count). The fraction of sp³-hybridized carbons (Fsp3) is 0.133. The molecule has 19 heavy (non-hydrogen) atoms. The third kappa shape index (κ3) is 2.73. The molecule has 1 aliphatic heterocycles. The predicted octanol–water partition coefficient (Wildman–Crippen LogP) is 2.97. The van der Waals surface area contributed by atoms with Gasteiger partial charge in [0.1, 0.15) is 5.82 Å². The summed E-state index contributed by atoms with van der Waals surface area (Å²) in [6.45, 7) is 1.55. The van der Waals surface area contributed by atoms with Gasteiger partial charge in [-0.05, 0) is 29.8 Å². The molecular formula is C15H14FN3. The van der Waals surface area contributed by atoms with Crippen LogP contribution < -0.4 is 4.90 Å². The highest BCUT2D eigenvalue weighted by molar-refractivity contribution is 5.47. The van der Waals surface area contributed by atoms with Gasteiger partial charge in [0.2, 0.25) is 0 Å². The number of rotatable bonds is 3. The molecule has 1 aromatic carbocycles. The topological polar surface area (TPSA) is 19.4 Å². The Balaban J connectivity index is 1.64. The van der Waals surface area contributed by atoms with Crippen LogP contribution in [0.25, 0.3) is 0 Å². The minimum atomic E-state index is -0.197. The molecule has 96 valence electrons. The van der Waals surface area contributed by atoms with Crippen molar-refractivity contribution in [3.8, 4) is 0 Å². The molecule has 0 bridgehead atoms. The van der Waals surface area contributed by atoms with Crippen molar-refractivity contribution in [3.05, 3.63) is 72.6 Å². The Bertz CT molecular complexity index is 566. The molecule has 0 amide bonds. The SMILES string of the molecule is Fc1ccc(CN2C=CN(c3cccnc3)C2)cc1.